The van der Waals surface area contributed by atoms with Gasteiger partial charge >= 0.3 is 0 Å². The predicted octanol–water partition coefficient (Wildman–Crippen LogP) is 3.75. The fraction of sp³-hybridized carbons (Fsp3) is 0.308. The first kappa shape index (κ1) is 13.1. The Kier molecular flexibility index (Phi) is 3.71. The van der Waals surface area contributed by atoms with Gasteiger partial charge in [-0.15, -0.1) is 0 Å². The Hall–Kier alpha value is -1.36. The van der Waals surface area contributed by atoms with Crippen LogP contribution in [-0.2, 0) is 6.54 Å². The van der Waals surface area contributed by atoms with Crippen molar-refractivity contribution < 1.29 is 4.39 Å². The van der Waals surface area contributed by atoms with Gasteiger partial charge in [-0.2, -0.15) is 0 Å². The maximum absolute atomic E-state index is 13.1. The Labute approximate surface area is 114 Å². The molecule has 1 aromatic carbocycles. The third-order valence-electron chi connectivity index (χ3n) is 2.83. The maximum atomic E-state index is 13.1. The number of aromatic nitrogens is 2. The minimum Gasteiger partial charge on any atom is -0.383 e. The van der Waals surface area contributed by atoms with Gasteiger partial charge in [0.15, 0.2) is 0 Å². The molecule has 1 heterocycles. The first-order valence-corrected chi connectivity index (χ1v) is 6.62. The number of imidazole rings is 1. The van der Waals surface area contributed by atoms with E-state index in [0.717, 1.165) is 24.4 Å². The van der Waals surface area contributed by atoms with Crippen LogP contribution in [0.4, 0.5) is 10.2 Å². The fourth-order valence-electron chi connectivity index (χ4n) is 1.97. The second kappa shape index (κ2) is 5.10. The van der Waals surface area contributed by atoms with Gasteiger partial charge in [0.05, 0.1) is 0 Å². The Morgan fingerprint density at radius 1 is 1.44 bits per heavy atom. The number of anilines is 1. The summed E-state index contributed by atoms with van der Waals surface area (Å²) >= 11 is 3.35. The third-order valence-corrected chi connectivity index (χ3v) is 3.49. The van der Waals surface area contributed by atoms with Crippen molar-refractivity contribution in [1.82, 2.24) is 9.55 Å². The van der Waals surface area contributed by atoms with Gasteiger partial charge in [0.25, 0.3) is 0 Å². The monoisotopic (exact) mass is 311 g/mol. The van der Waals surface area contributed by atoms with Gasteiger partial charge in [0.1, 0.15) is 23.2 Å². The van der Waals surface area contributed by atoms with Crippen molar-refractivity contribution in [3.8, 4) is 11.3 Å². The molecule has 1 aromatic heterocycles. The van der Waals surface area contributed by atoms with E-state index < -0.39 is 0 Å². The number of aryl methyl sites for hydroxylation is 1. The highest BCUT2D eigenvalue weighted by molar-refractivity contribution is 9.10. The van der Waals surface area contributed by atoms with Crippen LogP contribution in [0.2, 0.25) is 0 Å². The molecule has 2 rings (SSSR count). The van der Waals surface area contributed by atoms with Crippen LogP contribution in [0, 0.1) is 12.7 Å². The molecule has 96 valence electrons. The summed E-state index contributed by atoms with van der Waals surface area (Å²) in [5.74, 6) is 1.22. The first-order chi connectivity index (χ1) is 8.54. The molecule has 0 amide bonds. The number of hydrogen-bond donors (Lipinski definition) is 1. The van der Waals surface area contributed by atoms with Crippen molar-refractivity contribution in [2.45, 2.75) is 26.8 Å². The summed E-state index contributed by atoms with van der Waals surface area (Å²) in [6.45, 7) is 4.85. The third kappa shape index (κ3) is 2.27. The zero-order valence-electron chi connectivity index (χ0n) is 10.4. The molecular formula is C13H15BrFN3. The smallest absolute Gasteiger partial charge is 0.131 e. The normalized spacial score (nSPS) is 10.9. The molecule has 0 saturated carbocycles. The summed E-state index contributed by atoms with van der Waals surface area (Å²) < 4.78 is 15.7. The molecule has 3 nitrogen and oxygen atoms in total. The highest BCUT2D eigenvalue weighted by Gasteiger charge is 2.15. The molecule has 0 aliphatic rings. The first-order valence-electron chi connectivity index (χ1n) is 5.82. The van der Waals surface area contributed by atoms with Crippen LogP contribution in [0.5, 0.6) is 0 Å². The summed E-state index contributed by atoms with van der Waals surface area (Å²) in [6.07, 6.45) is 0.991. The molecule has 0 aliphatic heterocycles. The van der Waals surface area contributed by atoms with Gasteiger partial charge < -0.3 is 10.3 Å². The standard InChI is InChI=1S/C13H15BrFN3/c1-3-6-18-8(2)17-12(13(18)16)10-5-4-9(15)7-11(10)14/h4-5,7H,3,6,16H2,1-2H3. The lowest BCUT2D eigenvalue weighted by Crippen LogP contribution is -2.04. The molecule has 0 unspecified atom stereocenters. The number of nitrogens with zero attached hydrogens (tertiary/aromatic N) is 2. The van der Waals surface area contributed by atoms with Gasteiger partial charge in [-0.05, 0) is 47.5 Å². The van der Waals surface area contributed by atoms with Crippen LogP contribution in [0.1, 0.15) is 19.2 Å². The van der Waals surface area contributed by atoms with Crippen molar-refractivity contribution in [3.63, 3.8) is 0 Å². The number of halogens is 2. The Morgan fingerprint density at radius 2 is 2.17 bits per heavy atom. The SMILES string of the molecule is CCCn1c(C)nc(-c2ccc(F)cc2Br)c1N. The van der Waals surface area contributed by atoms with Crippen molar-refractivity contribution in [2.24, 2.45) is 0 Å². The molecule has 5 heteroatoms. The summed E-state index contributed by atoms with van der Waals surface area (Å²) in [7, 11) is 0. The Bertz CT molecular complexity index is 578. The number of nitrogen functional groups attached to an aromatic ring is 1. The largest absolute Gasteiger partial charge is 0.383 e. The van der Waals surface area contributed by atoms with E-state index in [9.17, 15) is 4.39 Å². The lowest BCUT2D eigenvalue weighted by molar-refractivity contribution is 0.627. The van der Waals surface area contributed by atoms with Crippen LogP contribution in [0.15, 0.2) is 22.7 Å². The van der Waals surface area contributed by atoms with Gasteiger partial charge in [-0.3, -0.25) is 0 Å². The summed E-state index contributed by atoms with van der Waals surface area (Å²) in [5.41, 5.74) is 7.63. The van der Waals surface area contributed by atoms with Crippen LogP contribution in [-0.4, -0.2) is 9.55 Å². The molecule has 2 N–H and O–H groups in total. The Morgan fingerprint density at radius 3 is 2.78 bits per heavy atom. The van der Waals surface area contributed by atoms with Crippen LogP contribution in [0.3, 0.4) is 0 Å². The summed E-state index contributed by atoms with van der Waals surface area (Å²) in [4.78, 5) is 4.48. The van der Waals surface area contributed by atoms with Crippen LogP contribution < -0.4 is 5.73 Å². The lowest BCUT2D eigenvalue weighted by atomic mass is 10.1. The second-order valence-corrected chi connectivity index (χ2v) is 5.02. The quantitative estimate of drug-likeness (QED) is 0.938. The second-order valence-electron chi connectivity index (χ2n) is 4.17. The van der Waals surface area contributed by atoms with Gasteiger partial charge in [-0.25, -0.2) is 9.37 Å². The van der Waals surface area contributed by atoms with Crippen molar-refractivity contribution >= 4 is 21.7 Å². The van der Waals surface area contributed by atoms with E-state index in [4.69, 9.17) is 5.73 Å². The Balaban J connectivity index is 2.54. The van der Waals surface area contributed by atoms with Crippen molar-refractivity contribution in [3.05, 3.63) is 34.3 Å². The van der Waals surface area contributed by atoms with Gasteiger partial charge in [0.2, 0.25) is 0 Å². The summed E-state index contributed by atoms with van der Waals surface area (Å²) in [6, 6.07) is 4.52. The number of rotatable bonds is 3. The number of hydrogen-bond acceptors (Lipinski definition) is 2. The van der Waals surface area contributed by atoms with E-state index in [2.05, 4.69) is 27.8 Å². The molecule has 0 saturated heterocycles. The van der Waals surface area contributed by atoms with E-state index >= 15 is 0 Å². The molecule has 0 aliphatic carbocycles. The zero-order chi connectivity index (χ0) is 13.3. The number of nitrogens with two attached hydrogens (primary N) is 1. The summed E-state index contributed by atoms with van der Waals surface area (Å²) in [5, 5.41) is 0. The molecule has 0 fully saturated rings. The van der Waals surface area contributed by atoms with Crippen LogP contribution >= 0.6 is 15.9 Å². The van der Waals surface area contributed by atoms with Gasteiger partial charge in [-0.1, -0.05) is 6.92 Å². The van der Waals surface area contributed by atoms with Gasteiger partial charge in [0, 0.05) is 16.6 Å². The predicted molar refractivity (Wildman–Crippen MR) is 74.8 cm³/mol. The lowest BCUT2D eigenvalue weighted by Gasteiger charge is -2.06. The van der Waals surface area contributed by atoms with E-state index in [1.165, 1.54) is 12.1 Å². The van der Waals surface area contributed by atoms with E-state index in [1.54, 1.807) is 6.07 Å². The molecule has 18 heavy (non-hydrogen) atoms. The highest BCUT2D eigenvalue weighted by Crippen LogP contribution is 2.32. The topological polar surface area (TPSA) is 43.8 Å². The zero-order valence-corrected chi connectivity index (χ0v) is 12.0. The fourth-order valence-corrected chi connectivity index (χ4v) is 2.51. The van der Waals surface area contributed by atoms with Crippen LogP contribution in [0.25, 0.3) is 11.3 Å². The van der Waals surface area contributed by atoms with E-state index in [1.807, 2.05) is 11.5 Å². The maximum Gasteiger partial charge on any atom is 0.131 e. The average molecular weight is 312 g/mol. The van der Waals surface area contributed by atoms with E-state index in [-0.39, 0.29) is 5.82 Å². The number of benzene rings is 1. The van der Waals surface area contributed by atoms with Crippen molar-refractivity contribution in [1.29, 1.82) is 0 Å². The van der Waals surface area contributed by atoms with E-state index in [0.29, 0.717) is 16.0 Å². The molecular weight excluding hydrogens is 297 g/mol. The molecule has 0 radical (unpaired) electrons. The molecule has 0 atom stereocenters. The molecule has 2 aromatic rings. The average Bonchev–Trinajstić information content (AvgIpc) is 2.58. The molecule has 0 bridgehead atoms. The minimum atomic E-state index is -0.283. The molecule has 0 spiro atoms. The minimum absolute atomic E-state index is 0.283. The van der Waals surface area contributed by atoms with Crippen molar-refractivity contribution in [2.75, 3.05) is 5.73 Å². The highest BCUT2D eigenvalue weighted by atomic mass is 79.9.